The van der Waals surface area contributed by atoms with Crippen molar-refractivity contribution < 1.29 is 13.2 Å². The summed E-state index contributed by atoms with van der Waals surface area (Å²) >= 11 is 0. The summed E-state index contributed by atoms with van der Waals surface area (Å²) in [5.74, 6) is 0.0553. The van der Waals surface area contributed by atoms with Gasteiger partial charge in [-0.1, -0.05) is 54.8 Å². The van der Waals surface area contributed by atoms with Crippen molar-refractivity contribution in [3.05, 3.63) is 47.8 Å². The van der Waals surface area contributed by atoms with Crippen LogP contribution in [0.2, 0.25) is 0 Å². The third-order valence-electron chi connectivity index (χ3n) is 6.13. The topological polar surface area (TPSA) is 66.5 Å². The number of halogens is 3. The van der Waals surface area contributed by atoms with Gasteiger partial charge in [0, 0.05) is 0 Å². The molecule has 1 aromatic heterocycles. The van der Waals surface area contributed by atoms with Crippen LogP contribution in [-0.2, 0) is 5.54 Å². The fourth-order valence-corrected chi connectivity index (χ4v) is 4.27. The monoisotopic (exact) mass is 403 g/mol. The summed E-state index contributed by atoms with van der Waals surface area (Å²) < 4.78 is 43.4. The van der Waals surface area contributed by atoms with Gasteiger partial charge in [-0.15, -0.1) is 5.10 Å². The molecule has 29 heavy (non-hydrogen) atoms. The van der Waals surface area contributed by atoms with E-state index in [0.29, 0.717) is 18.5 Å². The quantitative estimate of drug-likeness (QED) is 0.752. The molecule has 2 aliphatic rings. The van der Waals surface area contributed by atoms with Crippen LogP contribution in [0.5, 0.6) is 0 Å². The maximum Gasteiger partial charge on any atom is 0.407 e. The molecule has 0 aliphatic heterocycles. The summed E-state index contributed by atoms with van der Waals surface area (Å²) in [6.45, 7) is 0. The molecule has 2 saturated carbocycles. The average molecular weight is 403 g/mol. The summed E-state index contributed by atoms with van der Waals surface area (Å²) in [5, 5.41) is 20.6. The number of rotatable bonds is 6. The van der Waals surface area contributed by atoms with Gasteiger partial charge in [-0.3, -0.25) is 5.32 Å². The Hall–Kier alpha value is -2.40. The summed E-state index contributed by atoms with van der Waals surface area (Å²) in [6, 6.07) is 7.83. The molecule has 1 aromatic carbocycles. The zero-order valence-corrected chi connectivity index (χ0v) is 16.1. The molecule has 5 nitrogen and oxygen atoms in total. The van der Waals surface area contributed by atoms with Crippen LogP contribution in [0.25, 0.3) is 0 Å². The third-order valence-corrected chi connectivity index (χ3v) is 6.13. The van der Waals surface area contributed by atoms with Crippen molar-refractivity contribution in [3.63, 3.8) is 0 Å². The molecule has 0 saturated heterocycles. The van der Waals surface area contributed by atoms with Crippen LogP contribution in [0.4, 0.5) is 13.2 Å². The zero-order valence-electron chi connectivity index (χ0n) is 16.1. The van der Waals surface area contributed by atoms with E-state index in [1.165, 1.54) is 16.8 Å². The Kier molecular flexibility index (Phi) is 5.34. The first kappa shape index (κ1) is 19.9. The minimum absolute atomic E-state index is 0.0553. The highest BCUT2D eigenvalue weighted by Crippen LogP contribution is 2.44. The Morgan fingerprint density at radius 1 is 1.14 bits per heavy atom. The van der Waals surface area contributed by atoms with Crippen molar-refractivity contribution in [2.45, 2.75) is 68.7 Å². The lowest BCUT2D eigenvalue weighted by Crippen LogP contribution is -2.40. The van der Waals surface area contributed by atoms with Crippen LogP contribution in [-0.4, -0.2) is 21.2 Å². The molecule has 154 valence electrons. The molecular formula is C21H24F3N5. The van der Waals surface area contributed by atoms with E-state index >= 15 is 0 Å². The highest BCUT2D eigenvalue weighted by atomic mass is 19.4. The molecule has 0 amide bonds. The van der Waals surface area contributed by atoms with Crippen LogP contribution in [0.3, 0.4) is 0 Å². The molecule has 8 heteroatoms. The first-order valence-electron chi connectivity index (χ1n) is 10.1. The number of alkyl halides is 3. The van der Waals surface area contributed by atoms with E-state index < -0.39 is 23.8 Å². The fourth-order valence-electron chi connectivity index (χ4n) is 4.27. The van der Waals surface area contributed by atoms with Gasteiger partial charge in [0.1, 0.15) is 6.04 Å². The molecule has 0 bridgehead atoms. The molecule has 0 unspecified atom stereocenters. The third kappa shape index (κ3) is 4.15. The maximum atomic E-state index is 14.0. The van der Waals surface area contributed by atoms with Gasteiger partial charge in [-0.25, -0.2) is 4.68 Å². The summed E-state index contributed by atoms with van der Waals surface area (Å²) in [5.41, 5.74) is -0.00177. The normalized spacial score (nSPS) is 21.3. The van der Waals surface area contributed by atoms with Gasteiger partial charge in [0.25, 0.3) is 0 Å². The lowest BCUT2D eigenvalue weighted by atomic mass is 9.82. The molecule has 1 N–H and O–H groups in total. The molecule has 0 radical (unpaired) electrons. The van der Waals surface area contributed by atoms with Gasteiger partial charge >= 0.3 is 6.18 Å². The zero-order chi connectivity index (χ0) is 20.5. The molecule has 0 spiro atoms. The van der Waals surface area contributed by atoms with Crippen molar-refractivity contribution >= 4 is 0 Å². The van der Waals surface area contributed by atoms with Gasteiger partial charge in [0.15, 0.2) is 5.54 Å². The highest BCUT2D eigenvalue weighted by molar-refractivity contribution is 5.22. The van der Waals surface area contributed by atoms with Crippen LogP contribution in [0.15, 0.2) is 36.5 Å². The standard InChI is InChI=1S/C21H24F3N5/c22-21(23,24)19(16-9-5-2-6-10-16)26-18(15-7-3-1-4-8-15)17-13-29(28-27-17)20(14-25)11-12-20/h2,5-6,9-10,13,15,18-19,26H,1,3-4,7-8,11-12H2/t18-,19+/m0/s1. The number of nitrogens with one attached hydrogen (secondary N) is 1. The minimum Gasteiger partial charge on any atom is -0.294 e. The fraction of sp³-hybridized carbons (Fsp3) is 0.571. The first-order chi connectivity index (χ1) is 13.9. The average Bonchev–Trinajstić information content (AvgIpc) is 3.38. The molecule has 2 atom stereocenters. The summed E-state index contributed by atoms with van der Waals surface area (Å²) in [7, 11) is 0. The van der Waals surface area contributed by atoms with Gasteiger partial charge in [-0.05, 0) is 37.2 Å². The SMILES string of the molecule is N#CC1(n2cc([C@@H](N[C@H](c3ccccc3)C(F)(F)F)C3CCCCC3)nn2)CC1. The summed E-state index contributed by atoms with van der Waals surface area (Å²) in [6.07, 6.45) is 3.44. The van der Waals surface area contributed by atoms with Crippen LogP contribution < -0.4 is 5.32 Å². The smallest absolute Gasteiger partial charge is 0.294 e. The van der Waals surface area contributed by atoms with E-state index in [0.717, 1.165) is 32.1 Å². The first-order valence-corrected chi connectivity index (χ1v) is 10.1. The number of nitrogens with zero attached hydrogens (tertiary/aromatic N) is 4. The maximum absolute atomic E-state index is 14.0. The van der Waals surface area contributed by atoms with Crippen molar-refractivity contribution in [2.75, 3.05) is 0 Å². The van der Waals surface area contributed by atoms with Crippen molar-refractivity contribution in [1.82, 2.24) is 20.3 Å². The molecule has 2 aromatic rings. The predicted octanol–water partition coefficient (Wildman–Crippen LogP) is 4.81. The van der Waals surface area contributed by atoms with E-state index in [4.69, 9.17) is 0 Å². The van der Waals surface area contributed by atoms with Crippen LogP contribution in [0, 0.1) is 17.2 Å². The lowest BCUT2D eigenvalue weighted by molar-refractivity contribution is -0.161. The van der Waals surface area contributed by atoms with Gasteiger partial charge in [0.05, 0.1) is 24.0 Å². The second-order valence-electron chi connectivity index (χ2n) is 8.16. The predicted molar refractivity (Wildman–Crippen MR) is 101 cm³/mol. The van der Waals surface area contributed by atoms with Crippen LogP contribution in [0.1, 0.15) is 68.3 Å². The Morgan fingerprint density at radius 3 is 2.41 bits per heavy atom. The van der Waals surface area contributed by atoms with E-state index in [1.54, 1.807) is 24.4 Å². The Morgan fingerprint density at radius 2 is 1.83 bits per heavy atom. The largest absolute Gasteiger partial charge is 0.407 e. The second kappa shape index (κ2) is 7.79. The van der Waals surface area contributed by atoms with Gasteiger partial charge in [-0.2, -0.15) is 18.4 Å². The van der Waals surface area contributed by atoms with E-state index in [1.807, 2.05) is 0 Å². The van der Waals surface area contributed by atoms with Crippen LogP contribution >= 0.6 is 0 Å². The van der Waals surface area contributed by atoms with E-state index in [-0.39, 0.29) is 11.5 Å². The van der Waals surface area contributed by atoms with Crippen molar-refractivity contribution in [3.8, 4) is 6.07 Å². The number of benzene rings is 1. The summed E-state index contributed by atoms with van der Waals surface area (Å²) in [4.78, 5) is 0. The van der Waals surface area contributed by atoms with E-state index in [2.05, 4.69) is 21.7 Å². The molecule has 4 rings (SSSR count). The Bertz CT molecular complexity index is 860. The molecular weight excluding hydrogens is 379 g/mol. The number of hydrogen-bond donors (Lipinski definition) is 1. The Labute approximate surface area is 167 Å². The van der Waals surface area contributed by atoms with Crippen molar-refractivity contribution in [2.24, 2.45) is 5.92 Å². The van der Waals surface area contributed by atoms with E-state index in [9.17, 15) is 18.4 Å². The second-order valence-corrected chi connectivity index (χ2v) is 8.16. The minimum atomic E-state index is -4.44. The lowest BCUT2D eigenvalue weighted by Gasteiger charge is -2.34. The van der Waals surface area contributed by atoms with Gasteiger partial charge < -0.3 is 0 Å². The van der Waals surface area contributed by atoms with Gasteiger partial charge in [0.2, 0.25) is 0 Å². The number of aromatic nitrogens is 3. The highest BCUT2D eigenvalue weighted by Gasteiger charge is 2.48. The number of hydrogen-bond acceptors (Lipinski definition) is 4. The number of nitriles is 1. The molecule has 2 fully saturated rings. The molecule has 1 heterocycles. The van der Waals surface area contributed by atoms with Crippen molar-refractivity contribution in [1.29, 1.82) is 5.26 Å². The Balaban J connectivity index is 1.66. The molecule has 2 aliphatic carbocycles.